The summed E-state index contributed by atoms with van der Waals surface area (Å²) in [5.41, 5.74) is 0. The summed E-state index contributed by atoms with van der Waals surface area (Å²) in [5, 5.41) is 0. The Hall–Kier alpha value is -1.06. The van der Waals surface area contributed by atoms with Gasteiger partial charge in [0.2, 0.25) is 5.91 Å². The molecule has 1 amide bonds. The summed E-state index contributed by atoms with van der Waals surface area (Å²) in [7, 11) is 0. The van der Waals surface area contributed by atoms with Crippen LogP contribution in [0.2, 0.25) is 0 Å². The van der Waals surface area contributed by atoms with E-state index in [0.717, 1.165) is 0 Å². The number of hydrogen-bond acceptors (Lipinski definition) is 3. The molecule has 0 aromatic carbocycles. The van der Waals surface area contributed by atoms with Gasteiger partial charge in [-0.3, -0.25) is 4.79 Å². The molecule has 2 aliphatic rings. The molecule has 2 fully saturated rings. The van der Waals surface area contributed by atoms with Crippen molar-refractivity contribution in [2.75, 3.05) is 13.2 Å². The first-order valence-electron chi connectivity index (χ1n) is 4.20. The number of likely N-dealkylation sites (tertiary alicyclic amines) is 1. The molecule has 4 nitrogen and oxygen atoms in total. The van der Waals surface area contributed by atoms with Crippen LogP contribution in [-0.4, -0.2) is 36.0 Å². The van der Waals surface area contributed by atoms with Gasteiger partial charge < -0.3 is 9.64 Å². The van der Waals surface area contributed by atoms with Crippen molar-refractivity contribution < 1.29 is 14.3 Å². The summed E-state index contributed by atoms with van der Waals surface area (Å²) in [6.07, 6.45) is 0.476. The van der Waals surface area contributed by atoms with Gasteiger partial charge in [0.1, 0.15) is 6.04 Å². The van der Waals surface area contributed by atoms with Crippen molar-refractivity contribution in [2.24, 2.45) is 5.92 Å². The van der Waals surface area contributed by atoms with Gasteiger partial charge in [0.15, 0.2) is 0 Å². The van der Waals surface area contributed by atoms with E-state index in [4.69, 9.17) is 4.74 Å². The van der Waals surface area contributed by atoms with Crippen molar-refractivity contribution in [3.63, 3.8) is 0 Å². The van der Waals surface area contributed by atoms with Crippen LogP contribution in [-0.2, 0) is 14.3 Å². The van der Waals surface area contributed by atoms with Gasteiger partial charge in [-0.1, -0.05) is 0 Å². The summed E-state index contributed by atoms with van der Waals surface area (Å²) < 4.78 is 4.87. The molecule has 2 aliphatic heterocycles. The van der Waals surface area contributed by atoms with E-state index in [1.165, 1.54) is 0 Å². The van der Waals surface area contributed by atoms with Crippen molar-refractivity contribution in [3.05, 3.63) is 0 Å². The second kappa shape index (κ2) is 2.47. The van der Waals surface area contributed by atoms with Crippen molar-refractivity contribution in [3.8, 4) is 0 Å². The maximum Gasteiger partial charge on any atom is 0.329 e. The fraction of sp³-hybridized carbons (Fsp3) is 0.750. The molecule has 0 saturated carbocycles. The minimum Gasteiger partial charge on any atom is -0.464 e. The number of likely N-dealkylation sites (N-methyl/N-ethyl adjacent to an activating group) is 1. The van der Waals surface area contributed by atoms with Crippen LogP contribution in [0.25, 0.3) is 0 Å². The quantitative estimate of drug-likeness (QED) is 0.510. The number of ether oxygens (including phenoxy) is 1. The summed E-state index contributed by atoms with van der Waals surface area (Å²) in [6, 6.07) is -0.275. The molecule has 0 aromatic heterocycles. The molecule has 2 saturated heterocycles. The van der Waals surface area contributed by atoms with Crippen LogP contribution < -0.4 is 0 Å². The van der Waals surface area contributed by atoms with E-state index in [9.17, 15) is 9.59 Å². The second-order valence-corrected chi connectivity index (χ2v) is 3.22. The van der Waals surface area contributed by atoms with E-state index in [0.29, 0.717) is 19.6 Å². The van der Waals surface area contributed by atoms with Crippen molar-refractivity contribution in [1.82, 2.24) is 4.90 Å². The van der Waals surface area contributed by atoms with Gasteiger partial charge in [-0.05, 0) is 6.92 Å². The molecule has 0 radical (unpaired) electrons. The van der Waals surface area contributed by atoms with Crippen molar-refractivity contribution in [1.29, 1.82) is 0 Å². The second-order valence-electron chi connectivity index (χ2n) is 3.22. The Kier molecular flexibility index (Phi) is 1.56. The van der Waals surface area contributed by atoms with Crippen molar-refractivity contribution >= 4 is 11.9 Å². The number of esters is 1. The lowest BCUT2D eigenvalue weighted by Gasteiger charge is -2.18. The Bertz CT molecular complexity index is 236. The predicted molar refractivity (Wildman–Crippen MR) is 40.2 cm³/mol. The fourth-order valence-corrected chi connectivity index (χ4v) is 1.98. The van der Waals surface area contributed by atoms with Gasteiger partial charge in [0.05, 0.1) is 6.61 Å². The highest BCUT2D eigenvalue weighted by Gasteiger charge is 2.48. The highest BCUT2D eigenvalue weighted by Crippen LogP contribution is 2.31. The van der Waals surface area contributed by atoms with Gasteiger partial charge in [-0.15, -0.1) is 0 Å². The number of cyclic esters (lactones) is 1. The van der Waals surface area contributed by atoms with Crippen LogP contribution in [0.4, 0.5) is 0 Å². The normalized spacial score (nSPS) is 33.9. The van der Waals surface area contributed by atoms with E-state index in [1.807, 2.05) is 6.92 Å². The molecule has 0 bridgehead atoms. The molecular weight excluding hydrogens is 158 g/mol. The maximum atomic E-state index is 11.3. The Morgan fingerprint density at radius 1 is 1.58 bits per heavy atom. The minimum atomic E-state index is -0.275. The molecular formula is C8H11NO3. The monoisotopic (exact) mass is 169 g/mol. The molecule has 0 aliphatic carbocycles. The van der Waals surface area contributed by atoms with Gasteiger partial charge in [-0.2, -0.15) is 0 Å². The van der Waals surface area contributed by atoms with Crippen LogP contribution in [0.1, 0.15) is 13.3 Å². The number of carbonyl (C=O) groups is 2. The van der Waals surface area contributed by atoms with E-state index in [-0.39, 0.29) is 23.8 Å². The van der Waals surface area contributed by atoms with E-state index in [2.05, 4.69) is 0 Å². The SMILES string of the molecule is CCN1C(=O)C[C@H]2COC(=O)[C@H]21. The average Bonchev–Trinajstić information content (AvgIpc) is 2.52. The van der Waals surface area contributed by atoms with Gasteiger partial charge in [-0.25, -0.2) is 4.79 Å². The highest BCUT2D eigenvalue weighted by atomic mass is 16.5. The Morgan fingerprint density at radius 3 is 3.00 bits per heavy atom. The molecule has 0 N–H and O–H groups in total. The lowest BCUT2D eigenvalue weighted by Crippen LogP contribution is -2.38. The Balaban J connectivity index is 2.23. The molecule has 2 atom stereocenters. The number of rotatable bonds is 1. The predicted octanol–water partition coefficient (Wildman–Crippen LogP) is -0.220. The molecule has 66 valence electrons. The van der Waals surface area contributed by atoms with Crippen LogP contribution in [0.5, 0.6) is 0 Å². The van der Waals surface area contributed by atoms with Crippen LogP contribution in [0, 0.1) is 5.92 Å². The lowest BCUT2D eigenvalue weighted by atomic mass is 10.0. The van der Waals surface area contributed by atoms with Crippen molar-refractivity contribution in [2.45, 2.75) is 19.4 Å². The zero-order valence-electron chi connectivity index (χ0n) is 6.95. The molecule has 0 spiro atoms. The number of fused-ring (bicyclic) bond motifs is 1. The summed E-state index contributed by atoms with van der Waals surface area (Å²) >= 11 is 0. The van der Waals surface area contributed by atoms with E-state index < -0.39 is 0 Å². The Morgan fingerprint density at radius 2 is 2.33 bits per heavy atom. The maximum absolute atomic E-state index is 11.3. The zero-order valence-corrected chi connectivity index (χ0v) is 6.95. The average molecular weight is 169 g/mol. The molecule has 4 heteroatoms. The smallest absolute Gasteiger partial charge is 0.329 e. The fourth-order valence-electron chi connectivity index (χ4n) is 1.98. The summed E-state index contributed by atoms with van der Waals surface area (Å²) in [5.74, 6) is -0.0261. The van der Waals surface area contributed by atoms with Gasteiger partial charge in [0.25, 0.3) is 0 Å². The lowest BCUT2D eigenvalue weighted by molar-refractivity contribution is -0.146. The topological polar surface area (TPSA) is 46.6 Å². The molecule has 0 aromatic rings. The third kappa shape index (κ3) is 0.838. The summed E-state index contributed by atoms with van der Waals surface area (Å²) in [4.78, 5) is 24.0. The van der Waals surface area contributed by atoms with Gasteiger partial charge >= 0.3 is 5.97 Å². The van der Waals surface area contributed by atoms with E-state index >= 15 is 0 Å². The molecule has 2 heterocycles. The number of nitrogens with zero attached hydrogens (tertiary/aromatic N) is 1. The van der Waals surface area contributed by atoms with E-state index in [1.54, 1.807) is 4.90 Å². The third-order valence-electron chi connectivity index (χ3n) is 2.56. The minimum absolute atomic E-state index is 0.0872. The standard InChI is InChI=1S/C8H11NO3/c1-2-9-6(10)3-5-4-12-8(11)7(5)9/h5,7H,2-4H2,1H3/t5-,7-/m0/s1. The van der Waals surface area contributed by atoms with Gasteiger partial charge in [0, 0.05) is 18.9 Å². The Labute approximate surface area is 70.5 Å². The molecule has 0 unspecified atom stereocenters. The number of amides is 1. The molecule has 2 rings (SSSR count). The first-order chi connectivity index (χ1) is 5.74. The first kappa shape index (κ1) is 7.58. The molecule has 12 heavy (non-hydrogen) atoms. The van der Waals surface area contributed by atoms with Crippen LogP contribution in [0.3, 0.4) is 0 Å². The van der Waals surface area contributed by atoms with Crippen LogP contribution in [0.15, 0.2) is 0 Å². The number of hydrogen-bond donors (Lipinski definition) is 0. The number of carbonyl (C=O) groups excluding carboxylic acids is 2. The zero-order chi connectivity index (χ0) is 8.72. The highest BCUT2D eigenvalue weighted by molar-refractivity contribution is 5.90. The summed E-state index contributed by atoms with van der Waals surface area (Å²) in [6.45, 7) is 2.91. The first-order valence-corrected chi connectivity index (χ1v) is 4.20. The third-order valence-corrected chi connectivity index (χ3v) is 2.56. The van der Waals surface area contributed by atoms with Crippen LogP contribution >= 0.6 is 0 Å². The largest absolute Gasteiger partial charge is 0.464 e.